The average Bonchev–Trinajstić information content (AvgIpc) is 2.01. The van der Waals surface area contributed by atoms with Crippen LogP contribution in [0, 0.1) is 0 Å². The number of rotatable bonds is 1. The summed E-state index contributed by atoms with van der Waals surface area (Å²) in [6.07, 6.45) is -4.65. The lowest BCUT2D eigenvalue weighted by Gasteiger charge is -2.07. The Bertz CT molecular complexity index is 375. The first-order valence-corrected chi connectivity index (χ1v) is 4.43. The van der Waals surface area contributed by atoms with Crippen molar-refractivity contribution >= 4 is 11.1 Å². The number of hydrogen-bond acceptors (Lipinski definition) is 2. The Morgan fingerprint density at radius 2 is 1.79 bits per heavy atom. The molecule has 0 bridgehead atoms. The Balaban J connectivity index is 3.28. The lowest BCUT2D eigenvalue weighted by molar-refractivity contribution is -0.137. The second-order valence-corrected chi connectivity index (χ2v) is 3.43. The molecule has 1 unspecified atom stereocenters. The molecule has 0 aliphatic carbocycles. The molecule has 0 saturated heterocycles. The van der Waals surface area contributed by atoms with Crippen molar-refractivity contribution in [2.75, 3.05) is 0 Å². The molecule has 1 aromatic carbocycles. The van der Waals surface area contributed by atoms with E-state index in [0.717, 1.165) is 6.07 Å². The zero-order chi connectivity index (χ0) is 10.9. The highest BCUT2D eigenvalue weighted by molar-refractivity contribution is 7.79. The van der Waals surface area contributed by atoms with Gasteiger partial charge in [-0.05, 0) is 18.2 Å². The summed E-state index contributed by atoms with van der Waals surface area (Å²) in [6.45, 7) is 0. The maximum Gasteiger partial charge on any atom is 0.416 e. The van der Waals surface area contributed by atoms with Gasteiger partial charge < -0.3 is 9.66 Å². The molecule has 1 rings (SSSR count). The van der Waals surface area contributed by atoms with Crippen molar-refractivity contribution in [3.8, 4) is 5.75 Å². The summed E-state index contributed by atoms with van der Waals surface area (Å²) in [5.41, 5.74) is -1.16. The molecule has 3 nitrogen and oxygen atoms in total. The third-order valence-corrected chi connectivity index (χ3v) is 2.06. The van der Waals surface area contributed by atoms with Crippen LogP contribution in [0.25, 0.3) is 0 Å². The van der Waals surface area contributed by atoms with Crippen molar-refractivity contribution in [2.45, 2.75) is 11.1 Å². The third kappa shape index (κ3) is 2.46. The standard InChI is InChI=1S/C7H5F3O3S/c8-7(9,10)4-1-5(11)3-6(2-4)14(12)13/h1-3,11H,(H,12,13). The van der Waals surface area contributed by atoms with Crippen LogP contribution < -0.4 is 0 Å². The predicted molar refractivity (Wildman–Crippen MR) is 42.1 cm³/mol. The summed E-state index contributed by atoms with van der Waals surface area (Å²) in [5.74, 6) is -0.697. The van der Waals surface area contributed by atoms with Crippen molar-refractivity contribution in [3.63, 3.8) is 0 Å². The maximum atomic E-state index is 12.1. The minimum Gasteiger partial charge on any atom is -0.508 e. The zero-order valence-electron chi connectivity index (χ0n) is 6.58. The molecule has 0 spiro atoms. The van der Waals surface area contributed by atoms with Gasteiger partial charge >= 0.3 is 6.18 Å². The highest BCUT2D eigenvalue weighted by Gasteiger charge is 2.31. The fourth-order valence-electron chi connectivity index (χ4n) is 0.848. The number of phenols is 1. The average molecular weight is 226 g/mol. The summed E-state index contributed by atoms with van der Waals surface area (Å²) < 4.78 is 55.4. The van der Waals surface area contributed by atoms with Crippen LogP contribution in [0.1, 0.15) is 5.56 Å². The minimum absolute atomic E-state index is 0.482. The molecule has 0 heterocycles. The Hall–Kier alpha value is -1.08. The van der Waals surface area contributed by atoms with Gasteiger partial charge in [0.05, 0.1) is 10.5 Å². The normalized spacial score (nSPS) is 14.0. The molecule has 2 N–H and O–H groups in total. The van der Waals surface area contributed by atoms with Crippen molar-refractivity contribution < 1.29 is 27.0 Å². The predicted octanol–water partition coefficient (Wildman–Crippen LogP) is 1.99. The highest BCUT2D eigenvalue weighted by Crippen LogP contribution is 2.32. The molecule has 0 aliphatic heterocycles. The second kappa shape index (κ2) is 3.58. The van der Waals surface area contributed by atoms with Gasteiger partial charge in [-0.2, -0.15) is 13.2 Å². The first kappa shape index (κ1) is 11.0. The van der Waals surface area contributed by atoms with Gasteiger partial charge in [-0.3, -0.25) is 0 Å². The number of halogens is 3. The number of aromatic hydroxyl groups is 1. The molecule has 1 aromatic rings. The smallest absolute Gasteiger partial charge is 0.416 e. The Kier molecular flexibility index (Phi) is 2.81. The van der Waals surface area contributed by atoms with Crippen molar-refractivity contribution in [1.82, 2.24) is 0 Å². The number of hydrogen-bond donors (Lipinski definition) is 2. The fourth-order valence-corrected chi connectivity index (χ4v) is 1.30. The lowest BCUT2D eigenvalue weighted by Crippen LogP contribution is -2.05. The minimum atomic E-state index is -4.65. The van der Waals surface area contributed by atoms with E-state index in [2.05, 4.69) is 0 Å². The van der Waals surface area contributed by atoms with E-state index in [9.17, 15) is 17.4 Å². The van der Waals surface area contributed by atoms with E-state index in [0.29, 0.717) is 12.1 Å². The molecule has 0 saturated carbocycles. The molecule has 14 heavy (non-hydrogen) atoms. The van der Waals surface area contributed by atoms with E-state index >= 15 is 0 Å². The Morgan fingerprint density at radius 1 is 1.21 bits per heavy atom. The van der Waals surface area contributed by atoms with Crippen LogP contribution in [0.2, 0.25) is 0 Å². The molecule has 0 radical (unpaired) electrons. The zero-order valence-corrected chi connectivity index (χ0v) is 7.39. The largest absolute Gasteiger partial charge is 0.508 e. The van der Waals surface area contributed by atoms with E-state index in [-0.39, 0.29) is 0 Å². The van der Waals surface area contributed by atoms with E-state index in [1.54, 1.807) is 0 Å². The van der Waals surface area contributed by atoms with Gasteiger partial charge in [0.2, 0.25) is 0 Å². The summed E-state index contributed by atoms with van der Waals surface area (Å²) in [4.78, 5) is -0.489. The van der Waals surface area contributed by atoms with Crippen LogP contribution in [0.4, 0.5) is 13.2 Å². The van der Waals surface area contributed by atoms with E-state index in [1.807, 2.05) is 0 Å². The second-order valence-electron chi connectivity index (χ2n) is 2.46. The Morgan fingerprint density at radius 3 is 2.21 bits per heavy atom. The van der Waals surface area contributed by atoms with E-state index < -0.39 is 33.5 Å². The fraction of sp³-hybridized carbons (Fsp3) is 0.143. The van der Waals surface area contributed by atoms with Gasteiger partial charge in [-0.1, -0.05) is 0 Å². The van der Waals surface area contributed by atoms with Gasteiger partial charge in [-0.15, -0.1) is 0 Å². The van der Waals surface area contributed by atoms with Gasteiger partial charge in [0.25, 0.3) is 0 Å². The summed E-state index contributed by atoms with van der Waals surface area (Å²) in [6, 6.07) is 1.79. The molecular weight excluding hydrogens is 221 g/mol. The quantitative estimate of drug-likeness (QED) is 0.720. The van der Waals surface area contributed by atoms with Gasteiger partial charge in [0.1, 0.15) is 5.75 Å². The number of alkyl halides is 3. The van der Waals surface area contributed by atoms with Crippen LogP contribution in [0.3, 0.4) is 0 Å². The highest BCUT2D eigenvalue weighted by atomic mass is 32.2. The molecule has 1 atom stereocenters. The van der Waals surface area contributed by atoms with Crippen LogP contribution in [0.15, 0.2) is 23.1 Å². The molecule has 0 fully saturated rings. The molecule has 0 amide bonds. The van der Waals surface area contributed by atoms with Crippen LogP contribution >= 0.6 is 0 Å². The van der Waals surface area contributed by atoms with Crippen LogP contribution in [-0.4, -0.2) is 13.9 Å². The summed E-state index contributed by atoms with van der Waals surface area (Å²) >= 11 is -2.54. The van der Waals surface area contributed by atoms with Crippen molar-refractivity contribution in [3.05, 3.63) is 23.8 Å². The van der Waals surface area contributed by atoms with Gasteiger partial charge in [0, 0.05) is 0 Å². The maximum absolute atomic E-state index is 12.1. The Labute approximate surface area is 79.5 Å². The van der Waals surface area contributed by atoms with Gasteiger partial charge in [-0.25, -0.2) is 4.21 Å². The van der Waals surface area contributed by atoms with E-state index in [1.165, 1.54) is 0 Å². The molecule has 0 aliphatic rings. The van der Waals surface area contributed by atoms with Gasteiger partial charge in [0.15, 0.2) is 11.1 Å². The topological polar surface area (TPSA) is 57.5 Å². The first-order chi connectivity index (χ1) is 6.30. The lowest BCUT2D eigenvalue weighted by atomic mass is 10.2. The third-order valence-electron chi connectivity index (χ3n) is 1.42. The number of phenolic OH excluding ortho intramolecular Hbond substituents is 1. The summed E-state index contributed by atoms with van der Waals surface area (Å²) in [5, 5.41) is 8.86. The SMILES string of the molecule is O=S(O)c1cc(O)cc(C(F)(F)F)c1. The van der Waals surface area contributed by atoms with Crippen LogP contribution in [0.5, 0.6) is 5.75 Å². The molecular formula is C7H5F3O3S. The molecule has 78 valence electrons. The number of benzene rings is 1. The molecule has 0 aromatic heterocycles. The first-order valence-electron chi connectivity index (χ1n) is 3.33. The van der Waals surface area contributed by atoms with Crippen LogP contribution in [-0.2, 0) is 17.3 Å². The van der Waals surface area contributed by atoms with E-state index in [4.69, 9.17) is 9.66 Å². The monoisotopic (exact) mass is 226 g/mol. The van der Waals surface area contributed by atoms with Crippen molar-refractivity contribution in [1.29, 1.82) is 0 Å². The van der Waals surface area contributed by atoms with Crippen molar-refractivity contribution in [2.24, 2.45) is 0 Å². The molecule has 7 heteroatoms. The summed E-state index contributed by atoms with van der Waals surface area (Å²) in [7, 11) is 0.